The van der Waals surface area contributed by atoms with Gasteiger partial charge < -0.3 is 4.57 Å². The van der Waals surface area contributed by atoms with Gasteiger partial charge in [-0.05, 0) is 60.0 Å². The molecule has 0 fully saturated rings. The summed E-state index contributed by atoms with van der Waals surface area (Å²) >= 11 is 12.5. The average molecular weight is 657 g/mol. The van der Waals surface area contributed by atoms with Gasteiger partial charge in [-0.3, -0.25) is 9.52 Å². The predicted molar refractivity (Wildman–Crippen MR) is 173 cm³/mol. The van der Waals surface area contributed by atoms with Crippen LogP contribution >= 0.6 is 23.2 Å². The highest BCUT2D eigenvalue weighted by atomic mass is 35.5. The van der Waals surface area contributed by atoms with E-state index in [1.165, 1.54) is 12.2 Å². The van der Waals surface area contributed by atoms with Crippen LogP contribution in [0.5, 0.6) is 0 Å². The van der Waals surface area contributed by atoms with E-state index in [1.54, 1.807) is 49.4 Å². The molecular weight excluding hydrogens is 630 g/mol. The molecule has 0 radical (unpaired) electrons. The SMILES string of the molecule is C\C=C/C=C(\C=C\c1ccc(/C=C/c2nc(-c3ccc(Cl)cc3Cl)cn2Cc2ccc(C=O)cc2)cc1)NS(=O)C(F)(F)F. The standard InChI is InChI=1S/C33H26Cl2F3N3O2S/c1-2-3-4-28(40-44(43)33(36,37)38)16-13-23-5-7-24(8-6-23)14-18-32-39-31(29-17-15-27(34)19-30(29)35)21-41(32)20-25-9-11-26(22-42)12-10-25/h2-19,21-22,40H,20H2,1H3/b3-2-,16-13+,18-14+,28-4+. The number of aromatic nitrogens is 2. The zero-order valence-corrected chi connectivity index (χ0v) is 25.6. The van der Waals surface area contributed by atoms with Crippen LogP contribution in [0.15, 0.2) is 103 Å². The summed E-state index contributed by atoms with van der Waals surface area (Å²) in [6.07, 6.45) is 14.1. The van der Waals surface area contributed by atoms with Gasteiger partial charge >= 0.3 is 5.51 Å². The minimum Gasteiger partial charge on any atom is -0.326 e. The Morgan fingerprint density at radius 1 is 0.955 bits per heavy atom. The molecule has 0 saturated heterocycles. The van der Waals surface area contributed by atoms with E-state index in [9.17, 15) is 22.2 Å². The van der Waals surface area contributed by atoms with Gasteiger partial charge in [-0.25, -0.2) is 9.19 Å². The largest absolute Gasteiger partial charge is 0.490 e. The summed E-state index contributed by atoms with van der Waals surface area (Å²) in [5.41, 5.74) is -0.285. The molecular formula is C33H26Cl2F3N3O2S. The summed E-state index contributed by atoms with van der Waals surface area (Å²) in [7, 11) is -3.23. The third-order valence-electron chi connectivity index (χ3n) is 6.19. The highest BCUT2D eigenvalue weighted by Crippen LogP contribution is 2.30. The van der Waals surface area contributed by atoms with Crippen LogP contribution in [0.1, 0.15) is 39.8 Å². The van der Waals surface area contributed by atoms with Crippen LogP contribution in [0.4, 0.5) is 13.2 Å². The predicted octanol–water partition coefficient (Wildman–Crippen LogP) is 9.13. The zero-order valence-electron chi connectivity index (χ0n) is 23.3. The van der Waals surface area contributed by atoms with E-state index in [0.29, 0.717) is 33.7 Å². The molecule has 0 aliphatic rings. The van der Waals surface area contributed by atoms with Crippen molar-refractivity contribution >= 4 is 58.7 Å². The van der Waals surface area contributed by atoms with Crippen molar-refractivity contribution in [2.24, 2.45) is 0 Å². The van der Waals surface area contributed by atoms with Crippen molar-refractivity contribution in [2.75, 3.05) is 0 Å². The molecule has 0 bridgehead atoms. The number of rotatable bonds is 11. The molecule has 1 atom stereocenters. The summed E-state index contributed by atoms with van der Waals surface area (Å²) in [5, 5.41) is 0.990. The smallest absolute Gasteiger partial charge is 0.326 e. The van der Waals surface area contributed by atoms with Crippen LogP contribution in [0.25, 0.3) is 29.5 Å². The maximum Gasteiger partial charge on any atom is 0.490 e. The summed E-state index contributed by atoms with van der Waals surface area (Å²) in [4.78, 5) is 15.9. The molecule has 226 valence electrons. The fourth-order valence-corrected chi connectivity index (χ4v) is 4.95. The fourth-order valence-electron chi connectivity index (χ4n) is 3.98. The van der Waals surface area contributed by atoms with Gasteiger partial charge in [0.25, 0.3) is 0 Å². The van der Waals surface area contributed by atoms with E-state index in [0.717, 1.165) is 28.5 Å². The van der Waals surface area contributed by atoms with Gasteiger partial charge in [0, 0.05) is 34.6 Å². The number of imidazole rings is 1. The minimum atomic E-state index is -4.88. The van der Waals surface area contributed by atoms with Crippen LogP contribution < -0.4 is 4.72 Å². The summed E-state index contributed by atoms with van der Waals surface area (Å²) < 4.78 is 53.7. The summed E-state index contributed by atoms with van der Waals surface area (Å²) in [5.74, 6) is 0.664. The lowest BCUT2D eigenvalue weighted by Gasteiger charge is -2.09. The number of aldehydes is 1. The number of nitrogens with one attached hydrogen (secondary N) is 1. The third kappa shape index (κ3) is 9.16. The fraction of sp³-hybridized carbons (Fsp3) is 0.0909. The molecule has 1 N–H and O–H groups in total. The number of carbonyl (C=O) groups excluding carboxylic acids is 1. The van der Waals surface area contributed by atoms with Gasteiger partial charge in [-0.15, -0.1) is 0 Å². The van der Waals surface area contributed by atoms with Crippen molar-refractivity contribution in [3.05, 3.63) is 141 Å². The maximum atomic E-state index is 12.7. The van der Waals surface area contributed by atoms with E-state index in [1.807, 2.05) is 70.1 Å². The zero-order chi connectivity index (χ0) is 31.7. The molecule has 0 amide bonds. The Hall–Kier alpha value is -4.18. The summed E-state index contributed by atoms with van der Waals surface area (Å²) in [6.45, 7) is 2.22. The first kappa shape index (κ1) is 32.7. The average Bonchev–Trinajstić information content (AvgIpc) is 3.39. The molecule has 5 nitrogen and oxygen atoms in total. The lowest BCUT2D eigenvalue weighted by molar-refractivity contribution is -0.0391. The highest BCUT2D eigenvalue weighted by molar-refractivity contribution is 7.84. The van der Waals surface area contributed by atoms with Crippen molar-refractivity contribution in [3.63, 3.8) is 0 Å². The van der Waals surface area contributed by atoms with Crippen LogP contribution in [-0.4, -0.2) is 25.6 Å². The third-order valence-corrected chi connectivity index (χ3v) is 7.58. The Kier molecular flexibility index (Phi) is 11.2. The Balaban J connectivity index is 1.57. The second-order valence-corrected chi connectivity index (χ2v) is 11.4. The van der Waals surface area contributed by atoms with E-state index in [-0.39, 0.29) is 5.70 Å². The Labute approximate surface area is 265 Å². The number of benzene rings is 3. The Morgan fingerprint density at radius 2 is 1.61 bits per heavy atom. The van der Waals surface area contributed by atoms with Crippen molar-refractivity contribution in [1.82, 2.24) is 14.3 Å². The Morgan fingerprint density at radius 3 is 2.23 bits per heavy atom. The molecule has 0 saturated carbocycles. The molecule has 4 aromatic rings. The van der Waals surface area contributed by atoms with Gasteiger partial charge in [-0.2, -0.15) is 13.2 Å². The van der Waals surface area contributed by atoms with Crippen LogP contribution in [0.3, 0.4) is 0 Å². The number of alkyl halides is 3. The number of carbonyl (C=O) groups is 1. The molecule has 1 unspecified atom stereocenters. The molecule has 0 aliphatic heterocycles. The van der Waals surface area contributed by atoms with Crippen LogP contribution in [-0.2, 0) is 17.5 Å². The first-order valence-corrected chi connectivity index (χ1v) is 15.1. The van der Waals surface area contributed by atoms with Crippen molar-refractivity contribution < 1.29 is 22.2 Å². The van der Waals surface area contributed by atoms with Crippen molar-refractivity contribution in [2.45, 2.75) is 19.0 Å². The van der Waals surface area contributed by atoms with E-state index < -0.39 is 16.5 Å². The number of hydrogen-bond acceptors (Lipinski definition) is 3. The number of allylic oxidation sites excluding steroid dienone is 4. The highest BCUT2D eigenvalue weighted by Gasteiger charge is 2.37. The van der Waals surface area contributed by atoms with Gasteiger partial charge in [0.2, 0.25) is 11.0 Å². The molecule has 11 heteroatoms. The first-order valence-electron chi connectivity index (χ1n) is 13.2. The lowest BCUT2D eigenvalue weighted by atomic mass is 10.1. The Bertz CT molecular complexity index is 1760. The minimum absolute atomic E-state index is 0.0481. The van der Waals surface area contributed by atoms with Crippen LogP contribution in [0, 0.1) is 0 Å². The maximum absolute atomic E-state index is 12.7. The second-order valence-electron chi connectivity index (χ2n) is 9.39. The molecule has 0 spiro atoms. The van der Waals surface area contributed by atoms with Gasteiger partial charge in [-0.1, -0.05) is 96.0 Å². The van der Waals surface area contributed by atoms with Gasteiger partial charge in [0.15, 0.2) is 0 Å². The molecule has 4 rings (SSSR count). The van der Waals surface area contributed by atoms with E-state index >= 15 is 0 Å². The lowest BCUT2D eigenvalue weighted by Crippen LogP contribution is -2.29. The summed E-state index contributed by atoms with van der Waals surface area (Å²) in [6, 6.07) is 19.8. The van der Waals surface area contributed by atoms with Crippen molar-refractivity contribution in [1.29, 1.82) is 0 Å². The topological polar surface area (TPSA) is 64.0 Å². The molecule has 44 heavy (non-hydrogen) atoms. The number of nitrogens with zero attached hydrogens (tertiary/aromatic N) is 2. The van der Waals surface area contributed by atoms with Gasteiger partial charge in [0.05, 0.1) is 10.7 Å². The number of halogens is 5. The molecule has 3 aromatic carbocycles. The second kappa shape index (κ2) is 15.0. The monoisotopic (exact) mass is 655 g/mol. The van der Waals surface area contributed by atoms with Crippen molar-refractivity contribution in [3.8, 4) is 11.3 Å². The molecule has 1 aromatic heterocycles. The van der Waals surface area contributed by atoms with Gasteiger partial charge in [0.1, 0.15) is 12.1 Å². The van der Waals surface area contributed by atoms with E-state index in [2.05, 4.69) is 0 Å². The molecule has 0 aliphatic carbocycles. The van der Waals surface area contributed by atoms with Crippen LogP contribution in [0.2, 0.25) is 10.0 Å². The quantitative estimate of drug-likeness (QED) is 0.129. The van der Waals surface area contributed by atoms with E-state index in [4.69, 9.17) is 28.2 Å². The first-order chi connectivity index (χ1) is 21.0. The molecule has 1 heterocycles. The normalized spacial score (nSPS) is 13.3. The number of hydrogen-bond donors (Lipinski definition) is 1.